The highest BCUT2D eigenvalue weighted by atomic mass is 79.9. The Morgan fingerprint density at radius 1 is 1.28 bits per heavy atom. The number of halogens is 3. The molecule has 1 atom stereocenters. The summed E-state index contributed by atoms with van der Waals surface area (Å²) in [5, 5.41) is 0.459. The number of alkyl halides is 1. The van der Waals surface area contributed by atoms with Crippen LogP contribution in [0.5, 0.6) is 0 Å². The highest BCUT2D eigenvalue weighted by Gasteiger charge is 2.25. The Morgan fingerprint density at radius 2 is 1.89 bits per heavy atom. The fraction of sp³-hybridized carbons (Fsp3) is 0.538. The molecule has 18 heavy (non-hydrogen) atoms. The lowest BCUT2D eigenvalue weighted by molar-refractivity contribution is 0.232. The predicted octanol–water partition coefficient (Wildman–Crippen LogP) is 3.00. The molecular formula is C13H17BrF2N2. The molecule has 2 rings (SSSR count). The molecule has 1 fully saturated rings. The van der Waals surface area contributed by atoms with E-state index in [9.17, 15) is 8.78 Å². The first-order valence-electron chi connectivity index (χ1n) is 6.02. The number of likely N-dealkylation sites (N-methyl/N-ethyl adjacent to an activating group) is 1. The molecule has 0 spiro atoms. The van der Waals surface area contributed by atoms with Gasteiger partial charge in [-0.15, -0.1) is 0 Å². The smallest absolute Gasteiger partial charge is 0.149 e. The molecule has 1 aliphatic rings. The molecule has 0 bridgehead atoms. The van der Waals surface area contributed by atoms with Gasteiger partial charge in [-0.3, -0.25) is 0 Å². The van der Waals surface area contributed by atoms with Crippen LogP contribution in [0.25, 0.3) is 0 Å². The summed E-state index contributed by atoms with van der Waals surface area (Å²) in [6.07, 6.45) is 0. The van der Waals surface area contributed by atoms with E-state index < -0.39 is 11.6 Å². The molecule has 0 N–H and O–H groups in total. The minimum absolute atomic E-state index is 0.111. The first kappa shape index (κ1) is 13.7. The third-order valence-electron chi connectivity index (χ3n) is 3.51. The van der Waals surface area contributed by atoms with Crippen LogP contribution in [0.4, 0.5) is 14.5 Å². The highest BCUT2D eigenvalue weighted by molar-refractivity contribution is 9.08. The van der Waals surface area contributed by atoms with Gasteiger partial charge in [0.15, 0.2) is 0 Å². The summed E-state index contributed by atoms with van der Waals surface area (Å²) in [6, 6.07) is 3.10. The molecule has 2 nitrogen and oxygen atoms in total. The molecule has 1 aliphatic heterocycles. The van der Waals surface area contributed by atoms with Gasteiger partial charge in [-0.1, -0.05) is 15.9 Å². The van der Waals surface area contributed by atoms with Crippen molar-refractivity contribution in [3.05, 3.63) is 29.3 Å². The number of rotatable bonds is 2. The van der Waals surface area contributed by atoms with Gasteiger partial charge in [-0.2, -0.15) is 0 Å². The molecular weight excluding hydrogens is 302 g/mol. The van der Waals surface area contributed by atoms with E-state index in [1.165, 1.54) is 12.1 Å². The van der Waals surface area contributed by atoms with Crippen molar-refractivity contribution in [2.45, 2.75) is 18.3 Å². The third-order valence-corrected chi connectivity index (χ3v) is 4.15. The van der Waals surface area contributed by atoms with Gasteiger partial charge < -0.3 is 9.80 Å². The molecule has 1 aromatic rings. The van der Waals surface area contributed by atoms with Crippen LogP contribution in [0.2, 0.25) is 0 Å². The van der Waals surface area contributed by atoms with E-state index in [1.807, 2.05) is 7.05 Å². The fourth-order valence-electron chi connectivity index (χ4n) is 2.25. The molecule has 0 aliphatic carbocycles. The normalized spacial score (nSPS) is 21.4. The second-order valence-corrected chi connectivity index (χ2v) is 5.38. The van der Waals surface area contributed by atoms with Crippen LogP contribution in [-0.2, 0) is 5.33 Å². The average molecular weight is 319 g/mol. The summed E-state index contributed by atoms with van der Waals surface area (Å²) in [5.74, 6) is -0.942. The zero-order valence-electron chi connectivity index (χ0n) is 10.6. The van der Waals surface area contributed by atoms with Gasteiger partial charge >= 0.3 is 0 Å². The number of hydrogen-bond donors (Lipinski definition) is 0. The van der Waals surface area contributed by atoms with Crippen LogP contribution >= 0.6 is 15.9 Å². The maximum Gasteiger partial charge on any atom is 0.149 e. The minimum atomic E-state index is -0.471. The number of nitrogens with zero attached hydrogens (tertiary/aromatic N) is 2. The van der Waals surface area contributed by atoms with E-state index >= 15 is 0 Å². The van der Waals surface area contributed by atoms with Crippen molar-refractivity contribution < 1.29 is 8.78 Å². The largest absolute Gasteiger partial charge is 0.364 e. The fourth-order valence-corrected chi connectivity index (χ4v) is 2.57. The Hall–Kier alpha value is -0.680. The molecule has 100 valence electrons. The SMILES string of the molecule is CC1CN(c2c(F)cc(CBr)cc2F)CCN1C. The second kappa shape index (κ2) is 5.53. The van der Waals surface area contributed by atoms with Crippen molar-refractivity contribution in [1.82, 2.24) is 4.90 Å². The highest BCUT2D eigenvalue weighted by Crippen LogP contribution is 2.27. The van der Waals surface area contributed by atoms with Crippen molar-refractivity contribution in [2.75, 3.05) is 31.6 Å². The Labute approximate surface area is 115 Å². The summed E-state index contributed by atoms with van der Waals surface area (Å²) < 4.78 is 28.0. The lowest BCUT2D eigenvalue weighted by Gasteiger charge is -2.39. The summed E-state index contributed by atoms with van der Waals surface area (Å²) in [7, 11) is 2.03. The lowest BCUT2D eigenvalue weighted by Crippen LogP contribution is -2.50. The molecule has 0 saturated carbocycles. The van der Waals surface area contributed by atoms with Gasteiger partial charge in [0.25, 0.3) is 0 Å². The quantitative estimate of drug-likeness (QED) is 0.773. The third kappa shape index (κ3) is 2.67. The van der Waals surface area contributed by atoms with E-state index in [-0.39, 0.29) is 5.69 Å². The van der Waals surface area contributed by atoms with E-state index in [1.54, 1.807) is 4.90 Å². The maximum absolute atomic E-state index is 14.0. The van der Waals surface area contributed by atoms with E-state index in [4.69, 9.17) is 0 Å². The number of hydrogen-bond acceptors (Lipinski definition) is 2. The number of anilines is 1. The van der Waals surface area contributed by atoms with Crippen LogP contribution in [0.3, 0.4) is 0 Å². The number of benzene rings is 1. The van der Waals surface area contributed by atoms with Gasteiger partial charge in [0.05, 0.1) is 0 Å². The van der Waals surface area contributed by atoms with Crippen LogP contribution in [-0.4, -0.2) is 37.6 Å². The van der Waals surface area contributed by atoms with Gasteiger partial charge in [-0.05, 0) is 31.7 Å². The van der Waals surface area contributed by atoms with Gasteiger partial charge in [0, 0.05) is 31.0 Å². The zero-order valence-corrected chi connectivity index (χ0v) is 12.2. The minimum Gasteiger partial charge on any atom is -0.364 e. The standard InChI is InChI=1S/C13H17BrF2N2/c1-9-8-18(4-3-17(9)2)13-11(15)5-10(7-14)6-12(13)16/h5-6,9H,3-4,7-8H2,1-2H3. The van der Waals surface area contributed by atoms with E-state index in [0.717, 1.165) is 6.54 Å². The molecule has 1 heterocycles. The molecule has 0 amide bonds. The number of piperazine rings is 1. The van der Waals surface area contributed by atoms with Crippen molar-refractivity contribution in [2.24, 2.45) is 0 Å². The molecule has 5 heteroatoms. The van der Waals surface area contributed by atoms with E-state index in [0.29, 0.717) is 30.0 Å². The Bertz CT molecular complexity index is 416. The van der Waals surface area contributed by atoms with Gasteiger partial charge in [0.1, 0.15) is 17.3 Å². The molecule has 0 radical (unpaired) electrons. The first-order chi connectivity index (χ1) is 8.52. The van der Waals surface area contributed by atoms with Crippen molar-refractivity contribution in [3.8, 4) is 0 Å². The van der Waals surface area contributed by atoms with Crippen LogP contribution in [0.1, 0.15) is 12.5 Å². The lowest BCUT2D eigenvalue weighted by atomic mass is 10.1. The topological polar surface area (TPSA) is 6.48 Å². The Kier molecular flexibility index (Phi) is 4.22. The molecule has 1 aromatic carbocycles. The van der Waals surface area contributed by atoms with Crippen molar-refractivity contribution >= 4 is 21.6 Å². The Balaban J connectivity index is 2.28. The predicted molar refractivity (Wildman–Crippen MR) is 73.3 cm³/mol. The summed E-state index contributed by atoms with van der Waals surface area (Å²) in [6.45, 7) is 4.19. The molecule has 1 unspecified atom stereocenters. The molecule has 0 aromatic heterocycles. The average Bonchev–Trinajstić information content (AvgIpc) is 2.32. The first-order valence-corrected chi connectivity index (χ1v) is 7.14. The van der Waals surface area contributed by atoms with Crippen LogP contribution in [0.15, 0.2) is 12.1 Å². The molecule has 1 saturated heterocycles. The zero-order chi connectivity index (χ0) is 13.3. The summed E-state index contributed by atoms with van der Waals surface area (Å²) in [5.41, 5.74) is 0.732. The second-order valence-electron chi connectivity index (χ2n) is 4.82. The van der Waals surface area contributed by atoms with Gasteiger partial charge in [0.2, 0.25) is 0 Å². The van der Waals surface area contributed by atoms with Crippen LogP contribution in [0, 0.1) is 11.6 Å². The maximum atomic E-state index is 14.0. The van der Waals surface area contributed by atoms with Crippen molar-refractivity contribution in [1.29, 1.82) is 0 Å². The Morgan fingerprint density at radius 3 is 2.39 bits per heavy atom. The van der Waals surface area contributed by atoms with E-state index in [2.05, 4.69) is 27.8 Å². The van der Waals surface area contributed by atoms with Gasteiger partial charge in [-0.25, -0.2) is 8.78 Å². The van der Waals surface area contributed by atoms with Crippen LogP contribution < -0.4 is 4.90 Å². The van der Waals surface area contributed by atoms with Crippen molar-refractivity contribution in [3.63, 3.8) is 0 Å². The summed E-state index contributed by atoms with van der Waals surface area (Å²) >= 11 is 3.21. The monoisotopic (exact) mass is 318 g/mol. The summed E-state index contributed by atoms with van der Waals surface area (Å²) in [4.78, 5) is 3.99.